The van der Waals surface area contributed by atoms with E-state index in [0.29, 0.717) is 13.2 Å². The van der Waals surface area contributed by atoms with Gasteiger partial charge in [0.05, 0.1) is 13.2 Å². The summed E-state index contributed by atoms with van der Waals surface area (Å²) in [6.45, 7) is 3.61. The topological polar surface area (TPSA) is 54.9 Å². The third kappa shape index (κ3) is 10.8. The first kappa shape index (κ1) is 22.5. The molecule has 0 unspecified atom stereocenters. The average Bonchev–Trinajstić information content (AvgIpc) is 2.57. The average molecular weight is 453 g/mol. The van der Waals surface area contributed by atoms with Gasteiger partial charge in [0.2, 0.25) is 0 Å². The van der Waals surface area contributed by atoms with E-state index in [9.17, 15) is 0 Å². The Morgan fingerprint density at radius 1 is 1.13 bits per heavy atom. The van der Waals surface area contributed by atoms with E-state index in [4.69, 9.17) is 9.47 Å². The van der Waals surface area contributed by atoms with Crippen molar-refractivity contribution in [1.82, 2.24) is 10.6 Å². The Hall–Kier alpha value is -0.510. The highest BCUT2D eigenvalue weighted by Gasteiger charge is 1.98. The lowest BCUT2D eigenvalue weighted by Crippen LogP contribution is -2.37. The molecule has 1 aromatic carbocycles. The second kappa shape index (κ2) is 15.0. The largest absolute Gasteiger partial charge is 0.382 e. The number of aliphatic imine (C=N–C) groups is 1. The number of thioether (sulfide) groups is 1. The fourth-order valence-electron chi connectivity index (χ4n) is 1.78. The molecule has 132 valence electrons. The summed E-state index contributed by atoms with van der Waals surface area (Å²) in [6, 6.07) is 8.54. The number of methoxy groups -OCH3 is 1. The molecule has 0 aliphatic carbocycles. The number of hydrogen-bond acceptors (Lipinski definition) is 4. The van der Waals surface area contributed by atoms with Crippen molar-refractivity contribution in [3.63, 3.8) is 0 Å². The van der Waals surface area contributed by atoms with Gasteiger partial charge in [0, 0.05) is 38.7 Å². The fraction of sp³-hybridized carbons (Fsp3) is 0.562. The number of rotatable bonds is 10. The Labute approximate surface area is 161 Å². The summed E-state index contributed by atoms with van der Waals surface area (Å²) in [5.74, 6) is 0.811. The first-order chi connectivity index (χ1) is 10.8. The third-order valence-electron chi connectivity index (χ3n) is 3.03. The van der Waals surface area contributed by atoms with Gasteiger partial charge in [-0.2, -0.15) is 0 Å². The second-order valence-electron chi connectivity index (χ2n) is 4.66. The van der Waals surface area contributed by atoms with Crippen LogP contribution in [0.25, 0.3) is 0 Å². The molecule has 0 spiro atoms. The molecule has 7 heteroatoms. The Balaban J connectivity index is 0.00000484. The van der Waals surface area contributed by atoms with Crippen molar-refractivity contribution in [2.75, 3.05) is 46.8 Å². The first-order valence-corrected chi connectivity index (χ1v) is 8.66. The minimum Gasteiger partial charge on any atom is -0.382 e. The van der Waals surface area contributed by atoms with E-state index in [1.165, 1.54) is 10.5 Å². The normalized spacial score (nSPS) is 11.0. The van der Waals surface area contributed by atoms with E-state index in [0.717, 1.165) is 32.1 Å². The standard InChI is InChI=1S/C16H27N3O2S.HI/c1-17-16(18-9-4-10-21-12-11-20-2)19-13-14-5-7-15(22-3)8-6-14;/h5-8H,4,9-13H2,1-3H3,(H2,17,18,19);1H. The number of halogens is 1. The van der Waals surface area contributed by atoms with Crippen LogP contribution >= 0.6 is 35.7 Å². The molecule has 0 saturated heterocycles. The number of hydrogen-bond donors (Lipinski definition) is 2. The first-order valence-electron chi connectivity index (χ1n) is 7.44. The summed E-state index contributed by atoms with van der Waals surface area (Å²) in [4.78, 5) is 5.49. The van der Waals surface area contributed by atoms with E-state index in [1.807, 2.05) is 0 Å². The zero-order valence-electron chi connectivity index (χ0n) is 14.1. The molecule has 0 aromatic heterocycles. The summed E-state index contributed by atoms with van der Waals surface area (Å²) >= 11 is 1.75. The predicted molar refractivity (Wildman–Crippen MR) is 109 cm³/mol. The van der Waals surface area contributed by atoms with Crippen molar-refractivity contribution in [2.24, 2.45) is 4.99 Å². The molecule has 0 heterocycles. The van der Waals surface area contributed by atoms with Crippen LogP contribution in [0, 0.1) is 0 Å². The monoisotopic (exact) mass is 453 g/mol. The molecule has 1 aromatic rings. The van der Waals surface area contributed by atoms with Gasteiger partial charge in [-0.15, -0.1) is 35.7 Å². The van der Waals surface area contributed by atoms with Crippen molar-refractivity contribution >= 4 is 41.7 Å². The summed E-state index contributed by atoms with van der Waals surface area (Å²) in [5, 5.41) is 6.58. The molecule has 0 amide bonds. The molecule has 0 aliphatic rings. The van der Waals surface area contributed by atoms with Gasteiger partial charge in [0.25, 0.3) is 0 Å². The van der Waals surface area contributed by atoms with Crippen LogP contribution in [-0.2, 0) is 16.0 Å². The fourth-order valence-corrected chi connectivity index (χ4v) is 2.18. The molecule has 0 bridgehead atoms. The van der Waals surface area contributed by atoms with Crippen LogP contribution in [0.1, 0.15) is 12.0 Å². The summed E-state index contributed by atoms with van der Waals surface area (Å²) in [5.41, 5.74) is 1.24. The number of guanidine groups is 1. The van der Waals surface area contributed by atoms with Gasteiger partial charge >= 0.3 is 0 Å². The molecule has 1 rings (SSSR count). The molecule has 0 radical (unpaired) electrons. The van der Waals surface area contributed by atoms with Crippen LogP contribution < -0.4 is 10.6 Å². The minimum absolute atomic E-state index is 0. The van der Waals surface area contributed by atoms with Gasteiger partial charge in [-0.25, -0.2) is 0 Å². The molecule has 23 heavy (non-hydrogen) atoms. The zero-order valence-corrected chi connectivity index (χ0v) is 17.3. The third-order valence-corrected chi connectivity index (χ3v) is 3.78. The molecular formula is C16H28IN3O2S. The highest BCUT2D eigenvalue weighted by atomic mass is 127. The predicted octanol–water partition coefficient (Wildman–Crippen LogP) is 2.74. The number of nitrogens with zero attached hydrogens (tertiary/aromatic N) is 1. The quantitative estimate of drug-likeness (QED) is 0.188. The Morgan fingerprint density at radius 2 is 1.87 bits per heavy atom. The number of ether oxygens (including phenoxy) is 2. The van der Waals surface area contributed by atoms with Crippen molar-refractivity contribution in [3.8, 4) is 0 Å². The molecule has 0 fully saturated rings. The maximum Gasteiger partial charge on any atom is 0.191 e. The number of nitrogens with one attached hydrogen (secondary N) is 2. The minimum atomic E-state index is 0. The van der Waals surface area contributed by atoms with E-state index in [-0.39, 0.29) is 24.0 Å². The molecule has 2 N–H and O–H groups in total. The number of benzene rings is 1. The van der Waals surface area contributed by atoms with Crippen molar-refractivity contribution in [1.29, 1.82) is 0 Å². The zero-order chi connectivity index (χ0) is 16.0. The molecule has 0 atom stereocenters. The maximum atomic E-state index is 5.41. The lowest BCUT2D eigenvalue weighted by molar-refractivity contribution is 0.0698. The van der Waals surface area contributed by atoms with E-state index < -0.39 is 0 Å². The van der Waals surface area contributed by atoms with Crippen LogP contribution in [0.4, 0.5) is 0 Å². The van der Waals surface area contributed by atoms with Crippen LogP contribution in [0.15, 0.2) is 34.2 Å². The van der Waals surface area contributed by atoms with E-state index in [2.05, 4.69) is 46.1 Å². The van der Waals surface area contributed by atoms with Crippen molar-refractivity contribution in [3.05, 3.63) is 29.8 Å². The smallest absolute Gasteiger partial charge is 0.191 e. The van der Waals surface area contributed by atoms with Gasteiger partial charge in [0.1, 0.15) is 0 Å². The van der Waals surface area contributed by atoms with Crippen molar-refractivity contribution < 1.29 is 9.47 Å². The molecular weight excluding hydrogens is 425 g/mol. The van der Waals surface area contributed by atoms with Crippen molar-refractivity contribution in [2.45, 2.75) is 17.9 Å². The van der Waals surface area contributed by atoms with Crippen LogP contribution in [-0.4, -0.2) is 52.7 Å². The van der Waals surface area contributed by atoms with E-state index in [1.54, 1.807) is 25.9 Å². The SMILES string of the molecule is CN=C(NCCCOCCOC)NCc1ccc(SC)cc1.I. The van der Waals surface area contributed by atoms with E-state index >= 15 is 0 Å². The van der Waals surface area contributed by atoms with Gasteiger partial charge in [0.15, 0.2) is 5.96 Å². The molecule has 0 aliphatic heterocycles. The summed E-state index contributed by atoms with van der Waals surface area (Å²) < 4.78 is 10.3. The highest BCUT2D eigenvalue weighted by molar-refractivity contribution is 14.0. The van der Waals surface area contributed by atoms with Gasteiger partial charge < -0.3 is 20.1 Å². The van der Waals surface area contributed by atoms with Gasteiger partial charge in [-0.1, -0.05) is 12.1 Å². The van der Waals surface area contributed by atoms with Gasteiger partial charge in [-0.05, 0) is 30.4 Å². The van der Waals surface area contributed by atoms with Gasteiger partial charge in [-0.3, -0.25) is 4.99 Å². The highest BCUT2D eigenvalue weighted by Crippen LogP contribution is 2.14. The molecule has 5 nitrogen and oxygen atoms in total. The van der Waals surface area contributed by atoms with Crippen LogP contribution in [0.3, 0.4) is 0 Å². The Kier molecular flexibility index (Phi) is 14.7. The Morgan fingerprint density at radius 3 is 2.48 bits per heavy atom. The lowest BCUT2D eigenvalue weighted by Gasteiger charge is -2.12. The summed E-state index contributed by atoms with van der Waals surface area (Å²) in [6.07, 6.45) is 3.02. The lowest BCUT2D eigenvalue weighted by atomic mass is 10.2. The Bertz CT molecular complexity index is 430. The van der Waals surface area contributed by atoms with Crippen LogP contribution in [0.2, 0.25) is 0 Å². The second-order valence-corrected chi connectivity index (χ2v) is 5.54. The summed E-state index contributed by atoms with van der Waals surface area (Å²) in [7, 11) is 3.45. The van der Waals surface area contributed by atoms with Crippen LogP contribution in [0.5, 0.6) is 0 Å². The molecule has 0 saturated carbocycles. The maximum absolute atomic E-state index is 5.41.